The van der Waals surface area contributed by atoms with Crippen molar-refractivity contribution in [3.63, 3.8) is 0 Å². The van der Waals surface area contributed by atoms with E-state index in [1.54, 1.807) is 0 Å². The van der Waals surface area contributed by atoms with Crippen LogP contribution >= 0.6 is 0 Å². The molecule has 0 aliphatic rings. The topological polar surface area (TPSA) is 164 Å². The molecule has 800 valence electrons. The molecule has 0 bridgehead atoms. The Bertz CT molecular complexity index is 3290. The van der Waals surface area contributed by atoms with Gasteiger partial charge in [-0.25, -0.2) is 0 Å². The van der Waals surface area contributed by atoms with E-state index < -0.39 is 0 Å². The summed E-state index contributed by atoms with van der Waals surface area (Å²) in [5.41, 5.74) is 0. The largest absolute Gasteiger partial charge is 0.466 e. The Morgan fingerprint density at radius 2 is 0.418 bits per heavy atom. The lowest BCUT2D eigenvalue weighted by Crippen LogP contribution is -2.33. The van der Waals surface area contributed by atoms with Gasteiger partial charge in [-0.15, -0.1) is 0 Å². The third-order valence-electron chi connectivity index (χ3n) is 24.5. The molecule has 14 nitrogen and oxygen atoms in total. The zero-order chi connectivity index (χ0) is 102. The quantitative estimate of drug-likeness (QED) is 0.0244. The maximum atomic E-state index is 13.2. The zero-order valence-corrected chi connectivity index (χ0v) is 91.3. The molecule has 0 heterocycles. The Balaban J connectivity index is 5.16. The molecule has 0 rings (SSSR count). The van der Waals surface area contributed by atoms with E-state index in [1.165, 1.54) is 57.8 Å². The molecule has 14 heteroatoms. The molecule has 141 heavy (non-hydrogen) atoms. The van der Waals surface area contributed by atoms with Crippen molar-refractivity contribution in [1.82, 2.24) is 9.80 Å². The summed E-state index contributed by atoms with van der Waals surface area (Å²) in [5, 5.41) is 0. The number of nitrogens with zero attached hydrogens (tertiary/aromatic N) is 2. The van der Waals surface area contributed by atoms with Crippen molar-refractivity contribution in [2.24, 2.45) is 0 Å². The molecule has 3 atom stereocenters. The SMILES string of the molecule is CC/C=C\C/C=C\C/C=C\C/C=C\C/C=C\CCCC(=O)OC(C/C=C\CCCCCCCCOC(=O)CCN(C)CCCN(CCC(=O)OCCCCCCCC/C=C\CC(CCCCCC)OC(=O)CCC/C=C\C/C=C\C/C=C\C/C=C\C/C=C\CC)CCC(=O)OCCCCCCCC/C=C\CC(CCCCCC)OC(=O)CCC/C=C\C/C=C\C/C=C\C/C=C\C/C=C\CC)CCCCCC. The van der Waals surface area contributed by atoms with E-state index in [4.69, 9.17) is 28.4 Å². The fraction of sp³-hybridized carbons (Fsp3) is 0.669. The minimum absolute atomic E-state index is 0.0569. The van der Waals surface area contributed by atoms with Crippen LogP contribution in [0.15, 0.2) is 219 Å². The molecule has 0 aromatic rings. The molecule has 0 radical (unpaired) electrons. The fourth-order valence-corrected chi connectivity index (χ4v) is 15.9. The minimum Gasteiger partial charge on any atom is -0.466 e. The van der Waals surface area contributed by atoms with Gasteiger partial charge in [-0.1, -0.05) is 395 Å². The minimum atomic E-state index is -0.219. The number of unbranched alkanes of at least 4 members (excludes halogenated alkanes) is 30. The number of allylic oxidation sites excluding steroid dienone is 33. The molecular weight excluding hydrogens is 1750 g/mol. The van der Waals surface area contributed by atoms with Crippen LogP contribution < -0.4 is 0 Å². The van der Waals surface area contributed by atoms with E-state index in [9.17, 15) is 28.8 Å². The number of esters is 6. The predicted molar refractivity (Wildman–Crippen MR) is 604 cm³/mol. The van der Waals surface area contributed by atoms with Gasteiger partial charge in [0.2, 0.25) is 0 Å². The van der Waals surface area contributed by atoms with E-state index in [2.05, 4.69) is 270 Å². The van der Waals surface area contributed by atoms with Crippen LogP contribution in [0.4, 0.5) is 0 Å². The lowest BCUT2D eigenvalue weighted by Gasteiger charge is -2.23. The third-order valence-corrected chi connectivity index (χ3v) is 24.5. The summed E-state index contributed by atoms with van der Waals surface area (Å²) in [7, 11) is 2.03. The van der Waals surface area contributed by atoms with Crippen molar-refractivity contribution in [2.75, 3.05) is 59.6 Å². The summed E-state index contributed by atoms with van der Waals surface area (Å²) < 4.78 is 35.3. The normalized spacial score (nSPS) is 13.3. The summed E-state index contributed by atoms with van der Waals surface area (Å²) in [4.78, 5) is 82.3. The molecule has 0 aliphatic heterocycles. The predicted octanol–water partition coefficient (Wildman–Crippen LogP) is 35.9. The molecule has 0 amide bonds. The summed E-state index contributed by atoms with van der Waals surface area (Å²) in [6, 6.07) is 0. The molecule has 0 aromatic carbocycles. The number of carbonyl (C=O) groups excluding carboxylic acids is 6. The van der Waals surface area contributed by atoms with Gasteiger partial charge >= 0.3 is 35.8 Å². The van der Waals surface area contributed by atoms with Crippen LogP contribution in [0.3, 0.4) is 0 Å². The standard InChI is InChI=1S/C127H210N2O12/c1-8-14-20-26-29-32-35-38-41-44-47-50-53-62-71-80-92-105-125(133)139-119(99-86-23-17-11-4)102-89-77-68-59-56-65-74-83-95-116-136-122(130)108-113-128(7)111-98-112-129(114-109-123(131)137-117-96-84-75-66-57-60-69-78-90-103-120(100-87-24-18-12-5)140-126(134)106-93-81-72-63-54-51-48-45-42-39-36-33-30-27-21-15-9-2)115-110-124(132)138-118-97-85-76-67-58-61-70-79-91-104-121(101-88-25-19-13-6)141-127(135)107-94-82-73-64-55-52-49-46-43-40-37-34-31-28-22-16-10-3/h14-16,20-22,29-34,38-43,47-52,62-64,71-73,77-79,89-91,119-121H,8-13,17-19,23-28,35-37,44-46,53-61,65-70,74-76,80-88,92-118H2,1-7H3/b20-14-,21-15-,22-16-,32-29-,33-30-,34-31-,41-38-,42-39-,43-40-,50-47-,51-48-,52-49-,71-62-,72-63-,73-64-,89-77-,90-78-,91-79-. The van der Waals surface area contributed by atoms with Crippen LogP contribution in [-0.2, 0) is 57.2 Å². The highest BCUT2D eigenvalue weighted by Gasteiger charge is 2.19. The van der Waals surface area contributed by atoms with E-state index in [0.29, 0.717) is 71.7 Å². The monoisotopic (exact) mass is 1960 g/mol. The first-order valence-corrected chi connectivity index (χ1v) is 57.6. The number of hydrogen-bond acceptors (Lipinski definition) is 14. The highest BCUT2D eigenvalue weighted by atomic mass is 16.6. The molecular formula is C127H210N2O12. The lowest BCUT2D eigenvalue weighted by atomic mass is 10.1. The smallest absolute Gasteiger partial charge is 0.307 e. The van der Waals surface area contributed by atoms with Crippen LogP contribution in [0.2, 0.25) is 0 Å². The van der Waals surface area contributed by atoms with Gasteiger partial charge < -0.3 is 38.2 Å². The average molecular weight is 1960 g/mol. The third kappa shape index (κ3) is 106. The Morgan fingerprint density at radius 1 is 0.199 bits per heavy atom. The van der Waals surface area contributed by atoms with Crippen LogP contribution in [0.1, 0.15) is 472 Å². The van der Waals surface area contributed by atoms with Crippen LogP contribution in [0.5, 0.6) is 0 Å². The van der Waals surface area contributed by atoms with Gasteiger partial charge in [0, 0.05) is 58.2 Å². The van der Waals surface area contributed by atoms with Crippen molar-refractivity contribution in [1.29, 1.82) is 0 Å². The number of hydrogen-bond donors (Lipinski definition) is 0. The molecule has 0 fully saturated rings. The maximum absolute atomic E-state index is 13.2. The van der Waals surface area contributed by atoms with E-state index >= 15 is 0 Å². The maximum Gasteiger partial charge on any atom is 0.307 e. The van der Waals surface area contributed by atoms with Crippen LogP contribution in [0.25, 0.3) is 0 Å². The van der Waals surface area contributed by atoms with Crippen molar-refractivity contribution >= 4 is 35.8 Å². The van der Waals surface area contributed by atoms with Gasteiger partial charge in [0.1, 0.15) is 18.3 Å². The Hall–Kier alpha value is -7.94. The first kappa shape index (κ1) is 133. The molecule has 0 aromatic heterocycles. The fourth-order valence-electron chi connectivity index (χ4n) is 15.9. The van der Waals surface area contributed by atoms with Gasteiger partial charge in [-0.2, -0.15) is 0 Å². The molecule has 0 N–H and O–H groups in total. The van der Waals surface area contributed by atoms with Crippen molar-refractivity contribution < 1.29 is 57.2 Å². The molecule has 0 spiro atoms. The summed E-state index contributed by atoms with van der Waals surface area (Å²) in [5.74, 6) is -0.861. The van der Waals surface area contributed by atoms with Crippen LogP contribution in [0, 0.1) is 0 Å². The van der Waals surface area contributed by atoms with Crippen molar-refractivity contribution in [3.8, 4) is 0 Å². The Labute approximate surface area is 865 Å². The molecule has 0 aliphatic carbocycles. The van der Waals surface area contributed by atoms with Gasteiger partial charge in [-0.05, 0) is 258 Å². The first-order chi connectivity index (χ1) is 69.4. The molecule has 0 saturated carbocycles. The number of rotatable bonds is 103. The van der Waals surface area contributed by atoms with Crippen LogP contribution in [-0.4, -0.2) is 124 Å². The second-order valence-corrected chi connectivity index (χ2v) is 37.9. The van der Waals surface area contributed by atoms with Crippen molar-refractivity contribution in [2.45, 2.75) is 490 Å². The molecule has 3 unspecified atom stereocenters. The van der Waals surface area contributed by atoms with Gasteiger partial charge in [0.15, 0.2) is 0 Å². The highest BCUT2D eigenvalue weighted by molar-refractivity contribution is 5.71. The summed E-state index contributed by atoms with van der Waals surface area (Å²) in [6.45, 7) is 17.4. The van der Waals surface area contributed by atoms with Gasteiger partial charge in [-0.3, -0.25) is 28.8 Å². The van der Waals surface area contributed by atoms with Crippen molar-refractivity contribution in [3.05, 3.63) is 219 Å². The first-order valence-electron chi connectivity index (χ1n) is 57.6. The van der Waals surface area contributed by atoms with Gasteiger partial charge in [0.25, 0.3) is 0 Å². The van der Waals surface area contributed by atoms with Gasteiger partial charge in [0.05, 0.1) is 39.1 Å². The highest BCUT2D eigenvalue weighted by Crippen LogP contribution is 2.21. The summed E-state index contributed by atoms with van der Waals surface area (Å²) >= 11 is 0. The average Bonchev–Trinajstić information content (AvgIpc) is 0.956. The zero-order valence-electron chi connectivity index (χ0n) is 91.3. The second kappa shape index (κ2) is 112. The number of ether oxygens (including phenoxy) is 6. The number of carbonyl (C=O) groups is 6. The Morgan fingerprint density at radius 3 is 0.681 bits per heavy atom. The van der Waals surface area contributed by atoms with E-state index in [0.717, 1.165) is 340 Å². The second-order valence-electron chi connectivity index (χ2n) is 37.9. The van der Waals surface area contributed by atoms with E-state index in [1.807, 2.05) is 7.05 Å². The summed E-state index contributed by atoms with van der Waals surface area (Å²) in [6.07, 6.45) is 143. The lowest BCUT2D eigenvalue weighted by molar-refractivity contribution is -0.150. The Kier molecular flexibility index (Phi) is 106. The van der Waals surface area contributed by atoms with E-state index in [-0.39, 0.29) is 67.0 Å². The molecule has 0 saturated heterocycles.